The van der Waals surface area contributed by atoms with Crippen molar-refractivity contribution in [2.75, 3.05) is 13.6 Å². The second-order valence-electron chi connectivity index (χ2n) is 3.91. The van der Waals surface area contributed by atoms with Crippen LogP contribution in [-0.2, 0) is 16.2 Å². The summed E-state index contributed by atoms with van der Waals surface area (Å²) in [6, 6.07) is 0.427. The van der Waals surface area contributed by atoms with Gasteiger partial charge in [0.2, 0.25) is 10.0 Å². The van der Waals surface area contributed by atoms with Gasteiger partial charge in [-0.15, -0.1) is 12.4 Å². The number of likely N-dealkylation sites (N-methyl/N-ethyl adjacent to an activating group) is 1. The molecule has 1 aromatic rings. The van der Waals surface area contributed by atoms with Crippen molar-refractivity contribution >= 4 is 22.4 Å². The number of aromatic nitrogens is 1. The van der Waals surface area contributed by atoms with Crippen molar-refractivity contribution in [2.45, 2.75) is 24.0 Å². The first-order valence-electron chi connectivity index (χ1n) is 5.36. The summed E-state index contributed by atoms with van der Waals surface area (Å²) in [6.07, 6.45) is -3.16. The quantitative estimate of drug-likeness (QED) is 0.854. The molecule has 0 amide bonds. The van der Waals surface area contributed by atoms with Crippen molar-refractivity contribution in [3.05, 3.63) is 24.0 Å². The molecule has 1 rings (SSSR count). The Morgan fingerprint density at radius 2 is 2.00 bits per heavy atom. The average Bonchev–Trinajstić information content (AvgIpc) is 2.35. The van der Waals surface area contributed by atoms with Gasteiger partial charge in [-0.2, -0.15) is 13.2 Å². The summed E-state index contributed by atoms with van der Waals surface area (Å²) >= 11 is 0. The smallest absolute Gasteiger partial charge is 0.316 e. The number of hydrogen-bond acceptors (Lipinski definition) is 4. The maximum Gasteiger partial charge on any atom is 0.417 e. The molecule has 1 aromatic heterocycles. The zero-order valence-corrected chi connectivity index (χ0v) is 12.4. The van der Waals surface area contributed by atoms with Crippen LogP contribution in [0.3, 0.4) is 0 Å². The normalized spacial score (nSPS) is 13.7. The van der Waals surface area contributed by atoms with Crippen LogP contribution in [0.4, 0.5) is 13.2 Å². The van der Waals surface area contributed by atoms with E-state index in [9.17, 15) is 21.6 Å². The van der Waals surface area contributed by atoms with Gasteiger partial charge in [0.25, 0.3) is 0 Å². The van der Waals surface area contributed by atoms with Crippen molar-refractivity contribution < 1.29 is 21.6 Å². The van der Waals surface area contributed by atoms with Gasteiger partial charge in [-0.3, -0.25) is 4.98 Å². The molecule has 1 heterocycles. The fourth-order valence-electron chi connectivity index (χ4n) is 1.24. The highest BCUT2D eigenvalue weighted by Crippen LogP contribution is 2.33. The van der Waals surface area contributed by atoms with Gasteiger partial charge in [0.15, 0.2) is 0 Å². The minimum atomic E-state index is -4.75. The highest BCUT2D eigenvalue weighted by atomic mass is 35.5. The molecule has 0 aliphatic carbocycles. The van der Waals surface area contributed by atoms with E-state index >= 15 is 0 Å². The van der Waals surface area contributed by atoms with Crippen LogP contribution in [-0.4, -0.2) is 33.0 Å². The Kier molecular flexibility index (Phi) is 6.88. The zero-order valence-electron chi connectivity index (χ0n) is 10.7. The molecule has 0 radical (unpaired) electrons. The number of nitrogens with zero attached hydrogens (tertiary/aromatic N) is 1. The molecule has 5 nitrogen and oxygen atoms in total. The first-order valence-corrected chi connectivity index (χ1v) is 6.85. The number of hydrogen-bond donors (Lipinski definition) is 2. The van der Waals surface area contributed by atoms with Crippen LogP contribution >= 0.6 is 12.4 Å². The summed E-state index contributed by atoms with van der Waals surface area (Å²) in [5, 5.41) is 2.77. The van der Waals surface area contributed by atoms with E-state index in [1.54, 1.807) is 14.0 Å². The molecule has 10 heteroatoms. The second kappa shape index (κ2) is 7.21. The van der Waals surface area contributed by atoms with Crippen molar-refractivity contribution in [3.8, 4) is 0 Å². The molecule has 2 N–H and O–H groups in total. The van der Waals surface area contributed by atoms with Gasteiger partial charge in [0, 0.05) is 25.0 Å². The molecule has 0 aromatic carbocycles. The molecule has 1 atom stereocenters. The van der Waals surface area contributed by atoms with Crippen molar-refractivity contribution in [3.63, 3.8) is 0 Å². The van der Waals surface area contributed by atoms with Crippen molar-refractivity contribution in [2.24, 2.45) is 0 Å². The fraction of sp³-hybridized carbons (Fsp3) is 0.500. The lowest BCUT2D eigenvalue weighted by atomic mass is 10.3. The Bertz CT molecular complexity index is 537. The van der Waals surface area contributed by atoms with Crippen LogP contribution < -0.4 is 10.0 Å². The topological polar surface area (TPSA) is 71.1 Å². The largest absolute Gasteiger partial charge is 0.417 e. The lowest BCUT2D eigenvalue weighted by molar-refractivity contribution is -0.140. The summed E-state index contributed by atoms with van der Waals surface area (Å²) in [5.41, 5.74) is -1.23. The van der Waals surface area contributed by atoms with E-state index in [0.29, 0.717) is 12.3 Å². The van der Waals surface area contributed by atoms with Gasteiger partial charge in [-0.1, -0.05) is 0 Å². The van der Waals surface area contributed by atoms with Gasteiger partial charge in [-0.05, 0) is 20.0 Å². The summed E-state index contributed by atoms with van der Waals surface area (Å²) < 4.78 is 63.9. The lowest BCUT2D eigenvalue weighted by Gasteiger charge is -2.15. The summed E-state index contributed by atoms with van der Waals surface area (Å²) in [5.74, 6) is 0. The molecule has 0 aliphatic heterocycles. The van der Waals surface area contributed by atoms with E-state index in [-0.39, 0.29) is 25.0 Å². The molecule has 0 saturated carbocycles. The lowest BCUT2D eigenvalue weighted by Crippen LogP contribution is -2.37. The average molecular weight is 334 g/mol. The van der Waals surface area contributed by atoms with Crippen molar-refractivity contribution in [1.29, 1.82) is 0 Å². The minimum Gasteiger partial charge on any atom is -0.316 e. The molecule has 0 aliphatic rings. The number of sulfonamides is 1. The first kappa shape index (κ1) is 19.1. The minimum absolute atomic E-state index is 0. The van der Waals surface area contributed by atoms with Gasteiger partial charge in [-0.25, -0.2) is 13.1 Å². The van der Waals surface area contributed by atoms with Crippen LogP contribution in [0, 0.1) is 0 Å². The standard InChI is InChI=1S/C10H14F3N3O2S.ClH/c1-7(14-2)5-16-19(17,18)9-6-15-4-3-8(9)10(11,12)13;/h3-4,6-7,14,16H,5H2,1-2H3;1H. The Morgan fingerprint density at radius 1 is 1.40 bits per heavy atom. The predicted molar refractivity (Wildman–Crippen MR) is 70.2 cm³/mol. The Labute approximate surface area is 121 Å². The van der Waals surface area contributed by atoms with Crippen molar-refractivity contribution in [1.82, 2.24) is 15.0 Å². The molecule has 0 bridgehead atoms. The van der Waals surface area contributed by atoms with E-state index < -0.39 is 26.7 Å². The summed E-state index contributed by atoms with van der Waals surface area (Å²) in [6.45, 7) is 1.67. The molecule has 0 saturated heterocycles. The number of pyridine rings is 1. The number of alkyl halides is 3. The molecule has 0 spiro atoms. The monoisotopic (exact) mass is 333 g/mol. The van der Waals surface area contributed by atoms with Gasteiger partial charge < -0.3 is 5.32 Å². The Morgan fingerprint density at radius 3 is 2.50 bits per heavy atom. The van der Waals surface area contributed by atoms with E-state index in [2.05, 4.69) is 15.0 Å². The third-order valence-electron chi connectivity index (χ3n) is 2.45. The fourth-order valence-corrected chi connectivity index (χ4v) is 2.54. The van der Waals surface area contributed by atoms with Crippen LogP contribution in [0.1, 0.15) is 12.5 Å². The molecule has 116 valence electrons. The molecule has 0 fully saturated rings. The van der Waals surface area contributed by atoms with Gasteiger partial charge in [0.1, 0.15) is 4.90 Å². The maximum atomic E-state index is 12.7. The summed E-state index contributed by atoms with van der Waals surface area (Å²) in [7, 11) is -2.64. The molecule has 1 unspecified atom stereocenters. The van der Waals surface area contributed by atoms with Gasteiger partial charge in [0.05, 0.1) is 5.56 Å². The van der Waals surface area contributed by atoms with Crippen LogP contribution in [0.15, 0.2) is 23.4 Å². The predicted octanol–water partition coefficient (Wildman–Crippen LogP) is 1.41. The van der Waals surface area contributed by atoms with E-state index in [1.807, 2.05) is 0 Å². The van der Waals surface area contributed by atoms with Crippen LogP contribution in [0.25, 0.3) is 0 Å². The zero-order chi connectivity index (χ0) is 14.7. The molecular weight excluding hydrogens is 319 g/mol. The number of rotatable bonds is 5. The van der Waals surface area contributed by atoms with Gasteiger partial charge >= 0.3 is 6.18 Å². The van der Waals surface area contributed by atoms with Crippen LogP contribution in [0.2, 0.25) is 0 Å². The summed E-state index contributed by atoms with van der Waals surface area (Å²) in [4.78, 5) is 2.57. The Hall–Kier alpha value is -0.900. The molecular formula is C10H15ClF3N3O2S. The number of nitrogens with one attached hydrogen (secondary N) is 2. The highest BCUT2D eigenvalue weighted by molar-refractivity contribution is 7.89. The van der Waals surface area contributed by atoms with Crippen LogP contribution in [0.5, 0.6) is 0 Å². The SMILES string of the molecule is CNC(C)CNS(=O)(=O)c1cnccc1C(F)(F)F.Cl. The second-order valence-corrected chi connectivity index (χ2v) is 5.65. The third kappa shape index (κ3) is 4.89. The van der Waals surface area contributed by atoms with E-state index in [1.165, 1.54) is 0 Å². The van der Waals surface area contributed by atoms with E-state index in [0.717, 1.165) is 6.20 Å². The third-order valence-corrected chi connectivity index (χ3v) is 3.90. The highest BCUT2D eigenvalue weighted by Gasteiger charge is 2.37. The maximum absolute atomic E-state index is 12.7. The van der Waals surface area contributed by atoms with E-state index in [4.69, 9.17) is 0 Å². The Balaban J connectivity index is 0.00000361. The number of halogens is 4. The molecule has 20 heavy (non-hydrogen) atoms. The first-order chi connectivity index (χ1) is 8.68.